The molecule has 1 heterocycles. The zero-order chi connectivity index (χ0) is 19.9. The van der Waals surface area contributed by atoms with E-state index >= 15 is 0 Å². The zero-order valence-corrected chi connectivity index (χ0v) is 15.9. The summed E-state index contributed by atoms with van der Waals surface area (Å²) in [6, 6.07) is 15.0. The van der Waals surface area contributed by atoms with Crippen LogP contribution in [0.1, 0.15) is 45.8 Å². The minimum absolute atomic E-state index is 0.0530. The summed E-state index contributed by atoms with van der Waals surface area (Å²) in [6.45, 7) is 4.44. The Morgan fingerprint density at radius 3 is 2.46 bits per heavy atom. The second kappa shape index (κ2) is 8.99. The molecule has 3 aromatic rings. The van der Waals surface area contributed by atoms with Gasteiger partial charge in [0.2, 0.25) is 0 Å². The number of hydrogen-bond acceptors (Lipinski definition) is 5. The van der Waals surface area contributed by atoms with Gasteiger partial charge in [0.05, 0.1) is 12.2 Å². The zero-order valence-electron chi connectivity index (χ0n) is 15.9. The third kappa shape index (κ3) is 4.28. The molecule has 1 amide bonds. The van der Waals surface area contributed by atoms with Crippen LogP contribution in [0, 0.1) is 0 Å². The highest BCUT2D eigenvalue weighted by molar-refractivity contribution is 6.03. The summed E-state index contributed by atoms with van der Waals surface area (Å²) < 4.78 is 10.4. The summed E-state index contributed by atoms with van der Waals surface area (Å²) in [5.41, 5.74) is 3.20. The Morgan fingerprint density at radius 1 is 1.04 bits per heavy atom. The number of nitrogens with zero attached hydrogens (tertiary/aromatic N) is 1. The van der Waals surface area contributed by atoms with Crippen molar-refractivity contribution in [3.05, 3.63) is 77.3 Å². The molecular formula is C22H22N2O4. The van der Waals surface area contributed by atoms with Gasteiger partial charge in [-0.1, -0.05) is 49.4 Å². The Bertz CT molecular complexity index is 961. The Hall–Kier alpha value is -3.41. The van der Waals surface area contributed by atoms with E-state index in [9.17, 15) is 9.59 Å². The lowest BCUT2D eigenvalue weighted by molar-refractivity contribution is 0.0520. The highest BCUT2D eigenvalue weighted by Gasteiger charge is 2.23. The predicted molar refractivity (Wildman–Crippen MR) is 105 cm³/mol. The number of nitrogens with one attached hydrogen (secondary N) is 1. The predicted octanol–water partition coefficient (Wildman–Crippen LogP) is 4.01. The van der Waals surface area contributed by atoms with Crippen LogP contribution >= 0.6 is 0 Å². The fraction of sp³-hybridized carbons (Fsp3) is 0.227. The highest BCUT2D eigenvalue weighted by atomic mass is 16.5. The number of ether oxygens (including phenoxy) is 1. The van der Waals surface area contributed by atoms with Crippen molar-refractivity contribution in [2.24, 2.45) is 0 Å². The molecule has 0 atom stereocenters. The number of amides is 1. The summed E-state index contributed by atoms with van der Waals surface area (Å²) in [6.07, 6.45) is 2.14. The molecule has 28 heavy (non-hydrogen) atoms. The maximum absolute atomic E-state index is 12.8. The first kappa shape index (κ1) is 19.4. The van der Waals surface area contributed by atoms with Gasteiger partial charge in [-0.2, -0.15) is 0 Å². The first-order valence-corrected chi connectivity index (χ1v) is 9.20. The van der Waals surface area contributed by atoms with E-state index in [1.165, 1.54) is 12.0 Å². The number of aryl methyl sites for hydroxylation is 1. The topological polar surface area (TPSA) is 81.4 Å². The van der Waals surface area contributed by atoms with Gasteiger partial charge >= 0.3 is 5.97 Å². The second-order valence-electron chi connectivity index (χ2n) is 6.15. The Balaban J connectivity index is 1.81. The van der Waals surface area contributed by atoms with Gasteiger partial charge in [-0.25, -0.2) is 9.78 Å². The third-order valence-electron chi connectivity index (χ3n) is 4.34. The van der Waals surface area contributed by atoms with Crippen LogP contribution in [0.25, 0.3) is 11.3 Å². The second-order valence-corrected chi connectivity index (χ2v) is 6.15. The van der Waals surface area contributed by atoms with Crippen molar-refractivity contribution in [2.75, 3.05) is 6.61 Å². The Kier molecular flexibility index (Phi) is 6.22. The molecule has 6 heteroatoms. The van der Waals surface area contributed by atoms with Crippen LogP contribution in [-0.4, -0.2) is 23.5 Å². The van der Waals surface area contributed by atoms with Crippen LogP contribution in [0.2, 0.25) is 0 Å². The Morgan fingerprint density at radius 2 is 1.75 bits per heavy atom. The summed E-state index contributed by atoms with van der Waals surface area (Å²) in [5, 5.41) is 2.91. The quantitative estimate of drug-likeness (QED) is 0.628. The fourth-order valence-electron chi connectivity index (χ4n) is 2.83. The minimum atomic E-state index is -0.586. The molecule has 0 fully saturated rings. The van der Waals surface area contributed by atoms with Gasteiger partial charge in [-0.15, -0.1) is 0 Å². The van der Waals surface area contributed by atoms with E-state index in [0.29, 0.717) is 17.7 Å². The van der Waals surface area contributed by atoms with Gasteiger partial charge in [0.1, 0.15) is 0 Å². The van der Waals surface area contributed by atoms with Gasteiger partial charge in [-0.05, 0) is 30.5 Å². The lowest BCUT2D eigenvalue weighted by Gasteiger charge is -2.10. The number of esters is 1. The number of rotatable bonds is 7. The van der Waals surface area contributed by atoms with E-state index in [-0.39, 0.29) is 24.0 Å². The molecule has 0 saturated heterocycles. The third-order valence-corrected chi connectivity index (χ3v) is 4.34. The molecule has 0 spiro atoms. The highest BCUT2D eigenvalue weighted by Crippen LogP contribution is 2.27. The molecule has 0 unspecified atom stereocenters. The SMILES string of the molecule is CCOC(=O)c1ncoc1-c1ccccc1C(=O)NCc1ccc(CC)cc1. The van der Waals surface area contributed by atoms with Crippen molar-refractivity contribution in [3.63, 3.8) is 0 Å². The van der Waals surface area contributed by atoms with Crippen LogP contribution in [0.3, 0.4) is 0 Å². The normalized spacial score (nSPS) is 10.5. The maximum Gasteiger partial charge on any atom is 0.360 e. The molecule has 0 aliphatic rings. The van der Waals surface area contributed by atoms with Crippen molar-refractivity contribution in [1.29, 1.82) is 0 Å². The van der Waals surface area contributed by atoms with Gasteiger partial charge in [0.15, 0.2) is 17.8 Å². The standard InChI is InChI=1S/C22H22N2O4/c1-3-15-9-11-16(12-10-15)13-23-21(25)18-8-6-5-7-17(18)20-19(24-14-28-20)22(26)27-4-2/h5-12,14H,3-4,13H2,1-2H3,(H,23,25). The van der Waals surface area contributed by atoms with E-state index in [1.807, 2.05) is 12.1 Å². The molecule has 2 aromatic carbocycles. The van der Waals surface area contributed by atoms with Crippen LogP contribution in [0.5, 0.6) is 0 Å². The number of oxazole rings is 1. The van der Waals surface area contributed by atoms with E-state index in [0.717, 1.165) is 12.0 Å². The maximum atomic E-state index is 12.8. The first-order valence-electron chi connectivity index (χ1n) is 9.20. The van der Waals surface area contributed by atoms with Crippen LogP contribution in [0.15, 0.2) is 59.3 Å². The van der Waals surface area contributed by atoms with Crippen molar-refractivity contribution in [2.45, 2.75) is 26.8 Å². The van der Waals surface area contributed by atoms with Crippen LogP contribution in [-0.2, 0) is 17.7 Å². The monoisotopic (exact) mass is 378 g/mol. The van der Waals surface area contributed by atoms with Gasteiger partial charge in [0.25, 0.3) is 5.91 Å². The molecule has 0 saturated carbocycles. The summed E-state index contributed by atoms with van der Waals surface area (Å²) in [4.78, 5) is 28.8. The number of carbonyl (C=O) groups excluding carboxylic acids is 2. The lowest BCUT2D eigenvalue weighted by Crippen LogP contribution is -2.23. The summed E-state index contributed by atoms with van der Waals surface area (Å²) >= 11 is 0. The molecule has 0 radical (unpaired) electrons. The number of aromatic nitrogens is 1. The average molecular weight is 378 g/mol. The van der Waals surface area contributed by atoms with E-state index in [1.54, 1.807) is 31.2 Å². The molecule has 1 aromatic heterocycles. The first-order chi connectivity index (χ1) is 13.6. The average Bonchev–Trinajstić information content (AvgIpc) is 3.22. The van der Waals surface area contributed by atoms with Gasteiger partial charge in [0, 0.05) is 12.1 Å². The molecular weight excluding hydrogens is 356 g/mol. The largest absolute Gasteiger partial charge is 0.461 e. The molecule has 0 bridgehead atoms. The van der Waals surface area contributed by atoms with Crippen LogP contribution in [0.4, 0.5) is 0 Å². The Labute approximate surface area is 163 Å². The minimum Gasteiger partial charge on any atom is -0.461 e. The molecule has 144 valence electrons. The van der Waals surface area contributed by atoms with Crippen molar-refractivity contribution in [1.82, 2.24) is 10.3 Å². The van der Waals surface area contributed by atoms with Gasteiger partial charge < -0.3 is 14.5 Å². The van der Waals surface area contributed by atoms with E-state index in [2.05, 4.69) is 29.4 Å². The summed E-state index contributed by atoms with van der Waals surface area (Å²) in [5.74, 6) is -0.629. The van der Waals surface area contributed by atoms with E-state index in [4.69, 9.17) is 9.15 Å². The van der Waals surface area contributed by atoms with E-state index < -0.39 is 5.97 Å². The molecule has 1 N–H and O–H groups in total. The molecule has 0 aliphatic heterocycles. The molecule has 3 rings (SSSR count). The van der Waals surface area contributed by atoms with Crippen LogP contribution < -0.4 is 5.32 Å². The van der Waals surface area contributed by atoms with Crippen molar-refractivity contribution >= 4 is 11.9 Å². The van der Waals surface area contributed by atoms with Gasteiger partial charge in [-0.3, -0.25) is 4.79 Å². The number of carbonyl (C=O) groups is 2. The molecule has 6 nitrogen and oxygen atoms in total. The fourth-order valence-corrected chi connectivity index (χ4v) is 2.83. The van der Waals surface area contributed by atoms with Crippen molar-refractivity contribution < 1.29 is 18.7 Å². The number of benzene rings is 2. The number of hydrogen-bond donors (Lipinski definition) is 1. The van der Waals surface area contributed by atoms with Crippen molar-refractivity contribution in [3.8, 4) is 11.3 Å². The lowest BCUT2D eigenvalue weighted by atomic mass is 10.0. The smallest absolute Gasteiger partial charge is 0.360 e. The molecule has 0 aliphatic carbocycles. The summed E-state index contributed by atoms with van der Waals surface area (Å²) in [7, 11) is 0.